The van der Waals surface area contributed by atoms with E-state index in [1.54, 1.807) is 6.33 Å². The van der Waals surface area contributed by atoms with E-state index in [0.717, 1.165) is 12.4 Å². The third-order valence-corrected chi connectivity index (χ3v) is 3.03. The van der Waals surface area contributed by atoms with Crippen molar-refractivity contribution in [1.82, 2.24) is 14.8 Å². The fraction of sp³-hybridized carbons (Fsp3) is 0.385. The molecular formula is C13H18N4. The van der Waals surface area contributed by atoms with Gasteiger partial charge in [-0.15, -0.1) is 0 Å². The number of nitrogens with two attached hydrogens (primary N) is 1. The van der Waals surface area contributed by atoms with E-state index in [1.165, 1.54) is 22.3 Å². The molecular weight excluding hydrogens is 212 g/mol. The van der Waals surface area contributed by atoms with E-state index in [-0.39, 0.29) is 0 Å². The predicted octanol–water partition coefficient (Wildman–Crippen LogP) is 1.71. The van der Waals surface area contributed by atoms with Gasteiger partial charge < -0.3 is 5.73 Å². The summed E-state index contributed by atoms with van der Waals surface area (Å²) < 4.78 is 1.87. The highest BCUT2D eigenvalue weighted by Crippen LogP contribution is 2.17. The van der Waals surface area contributed by atoms with Crippen LogP contribution < -0.4 is 5.73 Å². The predicted molar refractivity (Wildman–Crippen MR) is 67.7 cm³/mol. The third-order valence-electron chi connectivity index (χ3n) is 3.03. The van der Waals surface area contributed by atoms with Crippen LogP contribution in [-0.4, -0.2) is 14.8 Å². The quantitative estimate of drug-likeness (QED) is 0.873. The highest BCUT2D eigenvalue weighted by atomic mass is 15.3. The lowest BCUT2D eigenvalue weighted by atomic mass is 10.00. The van der Waals surface area contributed by atoms with Gasteiger partial charge in [-0.25, -0.2) is 9.67 Å². The minimum Gasteiger partial charge on any atom is -0.324 e. The first-order chi connectivity index (χ1) is 8.11. The fourth-order valence-electron chi connectivity index (χ4n) is 2.19. The van der Waals surface area contributed by atoms with Crippen molar-refractivity contribution in [2.75, 3.05) is 0 Å². The van der Waals surface area contributed by atoms with Gasteiger partial charge in [-0.3, -0.25) is 0 Å². The lowest BCUT2D eigenvalue weighted by molar-refractivity contribution is 0.634. The average molecular weight is 230 g/mol. The molecule has 2 rings (SSSR count). The van der Waals surface area contributed by atoms with Gasteiger partial charge in [0.25, 0.3) is 0 Å². The van der Waals surface area contributed by atoms with Gasteiger partial charge in [0.1, 0.15) is 12.2 Å². The van der Waals surface area contributed by atoms with Crippen molar-refractivity contribution in [1.29, 1.82) is 0 Å². The molecule has 4 nitrogen and oxygen atoms in total. The van der Waals surface area contributed by atoms with Crippen molar-refractivity contribution < 1.29 is 0 Å². The molecule has 1 aromatic carbocycles. The molecule has 0 unspecified atom stereocenters. The van der Waals surface area contributed by atoms with E-state index in [9.17, 15) is 0 Å². The molecule has 4 heteroatoms. The summed E-state index contributed by atoms with van der Waals surface area (Å²) >= 11 is 0. The first-order valence-electron chi connectivity index (χ1n) is 5.75. The molecule has 0 aliphatic carbocycles. The Balaban J connectivity index is 2.36. The van der Waals surface area contributed by atoms with Crippen molar-refractivity contribution in [2.24, 2.45) is 5.73 Å². The zero-order valence-electron chi connectivity index (χ0n) is 10.6. The van der Waals surface area contributed by atoms with Crippen molar-refractivity contribution >= 4 is 0 Å². The van der Waals surface area contributed by atoms with E-state index in [0.29, 0.717) is 6.54 Å². The van der Waals surface area contributed by atoms with E-state index in [2.05, 4.69) is 43.0 Å². The van der Waals surface area contributed by atoms with Crippen LogP contribution in [0.1, 0.15) is 28.1 Å². The van der Waals surface area contributed by atoms with Crippen molar-refractivity contribution in [3.8, 4) is 0 Å². The normalized spacial score (nSPS) is 10.8. The number of nitrogens with zero attached hydrogens (tertiary/aromatic N) is 3. The zero-order valence-corrected chi connectivity index (χ0v) is 10.6. The second-order valence-electron chi connectivity index (χ2n) is 4.42. The standard InChI is InChI=1S/C13H18N4/c1-9-4-10(2)12(11(3)5-9)7-17-13(6-14)15-8-16-17/h4-5,8H,6-7,14H2,1-3H3. The molecule has 0 amide bonds. The first kappa shape index (κ1) is 11.8. The molecule has 1 aromatic heterocycles. The summed E-state index contributed by atoms with van der Waals surface area (Å²) in [5, 5.41) is 4.21. The first-order valence-corrected chi connectivity index (χ1v) is 5.75. The molecule has 0 bridgehead atoms. The summed E-state index contributed by atoms with van der Waals surface area (Å²) in [5.74, 6) is 0.823. The van der Waals surface area contributed by atoms with Gasteiger partial charge in [0.15, 0.2) is 0 Å². The number of hydrogen-bond donors (Lipinski definition) is 1. The molecule has 1 heterocycles. The van der Waals surface area contributed by atoms with E-state index in [4.69, 9.17) is 5.73 Å². The fourth-order valence-corrected chi connectivity index (χ4v) is 2.19. The summed E-state index contributed by atoms with van der Waals surface area (Å²) in [4.78, 5) is 4.13. The van der Waals surface area contributed by atoms with Crippen LogP contribution in [0.3, 0.4) is 0 Å². The van der Waals surface area contributed by atoms with Gasteiger partial charge in [0, 0.05) is 0 Å². The van der Waals surface area contributed by atoms with E-state index < -0.39 is 0 Å². The maximum atomic E-state index is 5.63. The summed E-state index contributed by atoms with van der Waals surface area (Å²) in [5.41, 5.74) is 10.8. The van der Waals surface area contributed by atoms with Crippen molar-refractivity contribution in [3.63, 3.8) is 0 Å². The highest BCUT2D eigenvalue weighted by molar-refractivity contribution is 5.37. The van der Waals surface area contributed by atoms with Gasteiger partial charge in [0.2, 0.25) is 0 Å². The minimum absolute atomic E-state index is 0.421. The van der Waals surface area contributed by atoms with Gasteiger partial charge in [0.05, 0.1) is 13.1 Å². The molecule has 0 fully saturated rings. The molecule has 0 spiro atoms. The molecule has 2 aromatic rings. The van der Waals surface area contributed by atoms with Crippen LogP contribution >= 0.6 is 0 Å². The Morgan fingerprint density at radius 3 is 2.41 bits per heavy atom. The Morgan fingerprint density at radius 2 is 1.82 bits per heavy atom. The van der Waals surface area contributed by atoms with Crippen LogP contribution in [0, 0.1) is 20.8 Å². The maximum absolute atomic E-state index is 5.63. The Morgan fingerprint density at radius 1 is 1.18 bits per heavy atom. The van der Waals surface area contributed by atoms with Crippen LogP contribution in [0.15, 0.2) is 18.5 Å². The van der Waals surface area contributed by atoms with Gasteiger partial charge in [-0.2, -0.15) is 5.10 Å². The summed E-state index contributed by atoms with van der Waals surface area (Å²) in [6.07, 6.45) is 1.56. The molecule has 0 aliphatic heterocycles. The molecule has 0 atom stereocenters. The number of hydrogen-bond acceptors (Lipinski definition) is 3. The molecule has 0 aliphatic rings. The number of benzene rings is 1. The zero-order chi connectivity index (χ0) is 12.4. The monoisotopic (exact) mass is 230 g/mol. The third kappa shape index (κ3) is 2.36. The summed E-state index contributed by atoms with van der Waals surface area (Å²) in [6.45, 7) is 7.54. The molecule has 0 saturated carbocycles. The van der Waals surface area contributed by atoms with Gasteiger partial charge in [-0.05, 0) is 37.5 Å². The average Bonchev–Trinajstić information content (AvgIpc) is 2.70. The maximum Gasteiger partial charge on any atom is 0.140 e. The van der Waals surface area contributed by atoms with Crippen molar-refractivity contribution in [3.05, 3.63) is 46.5 Å². The number of rotatable bonds is 3. The van der Waals surface area contributed by atoms with Crippen LogP contribution in [0.4, 0.5) is 0 Å². The van der Waals surface area contributed by atoms with Crippen LogP contribution in [-0.2, 0) is 13.1 Å². The lowest BCUT2D eigenvalue weighted by Gasteiger charge is -2.12. The number of aromatic nitrogens is 3. The second kappa shape index (κ2) is 4.67. The summed E-state index contributed by atoms with van der Waals surface area (Å²) in [7, 11) is 0. The molecule has 2 N–H and O–H groups in total. The van der Waals surface area contributed by atoms with E-state index in [1.807, 2.05) is 4.68 Å². The minimum atomic E-state index is 0.421. The second-order valence-corrected chi connectivity index (χ2v) is 4.42. The Hall–Kier alpha value is -1.68. The molecule has 0 radical (unpaired) electrons. The number of aryl methyl sites for hydroxylation is 3. The molecule has 90 valence electrons. The highest BCUT2D eigenvalue weighted by Gasteiger charge is 2.08. The van der Waals surface area contributed by atoms with E-state index >= 15 is 0 Å². The molecule has 0 saturated heterocycles. The van der Waals surface area contributed by atoms with Crippen LogP contribution in [0.25, 0.3) is 0 Å². The van der Waals surface area contributed by atoms with Gasteiger partial charge >= 0.3 is 0 Å². The van der Waals surface area contributed by atoms with Crippen LogP contribution in [0.2, 0.25) is 0 Å². The Bertz CT molecular complexity index is 505. The largest absolute Gasteiger partial charge is 0.324 e. The van der Waals surface area contributed by atoms with Crippen LogP contribution in [0.5, 0.6) is 0 Å². The molecule has 17 heavy (non-hydrogen) atoms. The lowest BCUT2D eigenvalue weighted by Crippen LogP contribution is -2.12. The SMILES string of the molecule is Cc1cc(C)c(Cn2ncnc2CN)c(C)c1. The van der Waals surface area contributed by atoms with Crippen molar-refractivity contribution in [2.45, 2.75) is 33.9 Å². The topological polar surface area (TPSA) is 56.7 Å². The van der Waals surface area contributed by atoms with Gasteiger partial charge in [-0.1, -0.05) is 17.7 Å². The smallest absolute Gasteiger partial charge is 0.140 e. The summed E-state index contributed by atoms with van der Waals surface area (Å²) in [6, 6.07) is 4.39. The Labute approximate surface area is 101 Å². The Kier molecular flexibility index (Phi) is 3.24.